The molecule has 0 amide bonds. The first-order valence-corrected chi connectivity index (χ1v) is 5.33. The zero-order valence-corrected chi connectivity index (χ0v) is 9.09. The molecule has 2 N–H and O–H groups in total. The van der Waals surface area contributed by atoms with E-state index in [4.69, 9.17) is 5.73 Å². The second-order valence-corrected chi connectivity index (χ2v) is 3.74. The fourth-order valence-electron chi connectivity index (χ4n) is 1.76. The third-order valence-corrected chi connectivity index (χ3v) is 2.61. The molecule has 2 aromatic carbocycles. The van der Waals surface area contributed by atoms with Crippen molar-refractivity contribution in [3.05, 3.63) is 54.7 Å². The van der Waals surface area contributed by atoms with Gasteiger partial charge in [-0.25, -0.2) is 4.98 Å². The number of para-hydroxylation sites is 3. The van der Waals surface area contributed by atoms with Crippen LogP contribution in [-0.4, -0.2) is 9.97 Å². The summed E-state index contributed by atoms with van der Waals surface area (Å²) in [5.41, 5.74) is 9.86. The Kier molecular flexibility index (Phi) is 2.22. The third-order valence-electron chi connectivity index (χ3n) is 2.61. The molecule has 1 radical (unpaired) electrons. The maximum atomic E-state index is 5.87. The van der Waals surface area contributed by atoms with Gasteiger partial charge in [0, 0.05) is 17.3 Å². The van der Waals surface area contributed by atoms with Crippen molar-refractivity contribution in [2.75, 3.05) is 5.73 Å². The van der Waals surface area contributed by atoms with E-state index in [0.29, 0.717) is 5.69 Å². The Morgan fingerprint density at radius 2 is 1.82 bits per heavy atom. The monoisotopic (exact) mass is 220 g/mol. The minimum atomic E-state index is 0.595. The molecule has 0 aliphatic heterocycles. The van der Waals surface area contributed by atoms with E-state index >= 15 is 0 Å². The molecule has 0 spiro atoms. The van der Waals surface area contributed by atoms with E-state index in [1.54, 1.807) is 12.3 Å². The lowest BCUT2D eigenvalue weighted by Gasteiger charge is -2.04. The predicted octanol–water partition coefficient (Wildman–Crippen LogP) is 2.68. The maximum Gasteiger partial charge on any atom is 0.0913 e. The zero-order chi connectivity index (χ0) is 11.7. The number of hydrogen-bond acceptors (Lipinski definition) is 3. The van der Waals surface area contributed by atoms with Crippen LogP contribution in [0.2, 0.25) is 0 Å². The molecule has 3 rings (SSSR count). The minimum Gasteiger partial charge on any atom is -0.398 e. The molecular formula is C14H10N3. The summed E-state index contributed by atoms with van der Waals surface area (Å²) in [5, 5.41) is 0. The van der Waals surface area contributed by atoms with Crippen LogP contribution in [0.3, 0.4) is 0 Å². The van der Waals surface area contributed by atoms with Gasteiger partial charge in [0.1, 0.15) is 0 Å². The summed E-state index contributed by atoms with van der Waals surface area (Å²) in [6, 6.07) is 16.3. The van der Waals surface area contributed by atoms with Gasteiger partial charge in [0.05, 0.1) is 22.9 Å². The fourth-order valence-corrected chi connectivity index (χ4v) is 1.76. The third kappa shape index (κ3) is 1.72. The smallest absolute Gasteiger partial charge is 0.0913 e. The van der Waals surface area contributed by atoms with Crippen molar-refractivity contribution in [2.24, 2.45) is 0 Å². The lowest BCUT2D eigenvalue weighted by molar-refractivity contribution is 1.29. The molecular weight excluding hydrogens is 210 g/mol. The highest BCUT2D eigenvalue weighted by molar-refractivity contribution is 5.79. The molecule has 17 heavy (non-hydrogen) atoms. The quantitative estimate of drug-likeness (QED) is 0.641. The highest BCUT2D eigenvalue weighted by Gasteiger charge is 2.04. The second-order valence-electron chi connectivity index (χ2n) is 3.74. The Morgan fingerprint density at radius 3 is 2.65 bits per heavy atom. The van der Waals surface area contributed by atoms with Crippen molar-refractivity contribution >= 4 is 16.7 Å². The summed E-state index contributed by atoms with van der Waals surface area (Å²) in [7, 11) is 0. The maximum absolute atomic E-state index is 5.87. The van der Waals surface area contributed by atoms with Gasteiger partial charge >= 0.3 is 0 Å². The number of anilines is 1. The van der Waals surface area contributed by atoms with Gasteiger partial charge in [0.25, 0.3) is 0 Å². The Bertz CT molecular complexity index is 677. The van der Waals surface area contributed by atoms with Crippen molar-refractivity contribution in [3.63, 3.8) is 0 Å². The molecule has 0 saturated carbocycles. The molecule has 1 heterocycles. The van der Waals surface area contributed by atoms with Crippen LogP contribution in [0, 0.1) is 6.07 Å². The number of aromatic nitrogens is 2. The number of rotatable bonds is 1. The van der Waals surface area contributed by atoms with Crippen molar-refractivity contribution in [1.29, 1.82) is 0 Å². The van der Waals surface area contributed by atoms with Gasteiger partial charge < -0.3 is 5.73 Å². The van der Waals surface area contributed by atoms with Gasteiger partial charge in [0.15, 0.2) is 0 Å². The van der Waals surface area contributed by atoms with Crippen molar-refractivity contribution in [3.8, 4) is 11.3 Å². The van der Waals surface area contributed by atoms with E-state index in [-0.39, 0.29) is 0 Å². The topological polar surface area (TPSA) is 51.8 Å². The first-order chi connectivity index (χ1) is 8.34. The molecule has 0 bridgehead atoms. The van der Waals surface area contributed by atoms with Crippen LogP contribution in [0.1, 0.15) is 0 Å². The van der Waals surface area contributed by atoms with Gasteiger partial charge in [0.2, 0.25) is 0 Å². The van der Waals surface area contributed by atoms with Crippen LogP contribution < -0.4 is 5.73 Å². The van der Waals surface area contributed by atoms with E-state index in [9.17, 15) is 0 Å². The lowest BCUT2D eigenvalue weighted by Crippen LogP contribution is -1.93. The van der Waals surface area contributed by atoms with Gasteiger partial charge in [-0.3, -0.25) is 4.98 Å². The highest BCUT2D eigenvalue weighted by Crippen LogP contribution is 2.23. The van der Waals surface area contributed by atoms with E-state index < -0.39 is 0 Å². The molecule has 3 heteroatoms. The summed E-state index contributed by atoms with van der Waals surface area (Å²) in [4.78, 5) is 8.91. The van der Waals surface area contributed by atoms with Crippen LogP contribution in [0.15, 0.2) is 48.7 Å². The Morgan fingerprint density at radius 1 is 1.00 bits per heavy atom. The molecule has 3 nitrogen and oxygen atoms in total. The van der Waals surface area contributed by atoms with Crippen LogP contribution >= 0.6 is 0 Å². The zero-order valence-electron chi connectivity index (χ0n) is 9.09. The van der Waals surface area contributed by atoms with Gasteiger partial charge in [-0.05, 0) is 12.1 Å². The number of nitrogens with two attached hydrogens (primary N) is 1. The molecule has 81 valence electrons. The number of nitrogens with zero attached hydrogens (tertiary/aromatic N) is 2. The Balaban J connectivity index is 2.22. The SMILES string of the molecule is Nc1[c]cccc1-c1cnc2ccccc2n1. The summed E-state index contributed by atoms with van der Waals surface area (Å²) < 4.78 is 0. The molecule has 3 aromatic rings. The molecule has 0 aliphatic carbocycles. The van der Waals surface area contributed by atoms with Gasteiger partial charge in [-0.15, -0.1) is 0 Å². The van der Waals surface area contributed by atoms with E-state index in [0.717, 1.165) is 22.3 Å². The van der Waals surface area contributed by atoms with Gasteiger partial charge in [-0.1, -0.05) is 30.3 Å². The average molecular weight is 220 g/mol. The molecule has 0 saturated heterocycles. The number of fused-ring (bicyclic) bond motifs is 1. The standard InChI is InChI=1S/C14H10N3/c15-11-6-2-1-5-10(11)14-9-16-12-7-3-4-8-13(12)17-14/h1-5,7-9H,15H2. The van der Waals surface area contributed by atoms with Crippen molar-refractivity contribution in [2.45, 2.75) is 0 Å². The summed E-state index contributed by atoms with van der Waals surface area (Å²) in [6.07, 6.45) is 1.74. The fraction of sp³-hybridized carbons (Fsp3) is 0. The Labute approximate surface area is 98.9 Å². The van der Waals surface area contributed by atoms with Crippen LogP contribution in [0.25, 0.3) is 22.3 Å². The van der Waals surface area contributed by atoms with Crippen LogP contribution in [-0.2, 0) is 0 Å². The van der Waals surface area contributed by atoms with E-state index in [1.165, 1.54) is 0 Å². The second kappa shape index (κ2) is 3.87. The summed E-state index contributed by atoms with van der Waals surface area (Å²) in [6.45, 7) is 0. The van der Waals surface area contributed by atoms with Gasteiger partial charge in [-0.2, -0.15) is 0 Å². The van der Waals surface area contributed by atoms with Crippen LogP contribution in [0.5, 0.6) is 0 Å². The molecule has 0 unspecified atom stereocenters. The average Bonchev–Trinajstić information content (AvgIpc) is 2.39. The Hall–Kier alpha value is -2.42. The van der Waals surface area contributed by atoms with E-state index in [1.807, 2.05) is 36.4 Å². The first kappa shape index (κ1) is 9.78. The van der Waals surface area contributed by atoms with Crippen LogP contribution in [0.4, 0.5) is 5.69 Å². The first-order valence-electron chi connectivity index (χ1n) is 5.33. The number of nitrogen functional groups attached to an aromatic ring is 1. The lowest BCUT2D eigenvalue weighted by atomic mass is 10.1. The number of benzene rings is 2. The molecule has 0 fully saturated rings. The highest BCUT2D eigenvalue weighted by atomic mass is 14.8. The summed E-state index contributed by atoms with van der Waals surface area (Å²) >= 11 is 0. The van der Waals surface area contributed by atoms with Crippen molar-refractivity contribution in [1.82, 2.24) is 9.97 Å². The molecule has 0 aliphatic rings. The normalized spacial score (nSPS) is 10.6. The van der Waals surface area contributed by atoms with Crippen molar-refractivity contribution < 1.29 is 0 Å². The largest absolute Gasteiger partial charge is 0.398 e. The minimum absolute atomic E-state index is 0.595. The summed E-state index contributed by atoms with van der Waals surface area (Å²) in [5.74, 6) is 0. The predicted molar refractivity (Wildman–Crippen MR) is 68.2 cm³/mol. The van der Waals surface area contributed by atoms with E-state index in [2.05, 4.69) is 16.0 Å². The molecule has 0 atom stereocenters. The number of hydrogen-bond donors (Lipinski definition) is 1. The molecule has 1 aromatic heterocycles.